The maximum atomic E-state index is 12.7. The highest BCUT2D eigenvalue weighted by molar-refractivity contribution is 5.93. The Kier molecular flexibility index (Phi) is 5.31. The van der Waals surface area contributed by atoms with Crippen LogP contribution in [0.1, 0.15) is 12.8 Å². The van der Waals surface area contributed by atoms with Crippen molar-refractivity contribution in [3.8, 4) is 0 Å². The lowest BCUT2D eigenvalue weighted by atomic mass is 9.97. The fourth-order valence-corrected chi connectivity index (χ4v) is 3.58. The number of hydrogen-bond donors (Lipinski definition) is 2. The zero-order valence-corrected chi connectivity index (χ0v) is 15.5. The number of rotatable bonds is 4. The molecule has 2 amide bonds. The van der Waals surface area contributed by atoms with Crippen LogP contribution in [0.15, 0.2) is 36.9 Å². The molecule has 9 heteroatoms. The minimum atomic E-state index is -0.110. The van der Waals surface area contributed by atoms with Crippen LogP contribution in [-0.4, -0.2) is 59.5 Å². The fourth-order valence-electron chi connectivity index (χ4n) is 3.58. The third-order valence-corrected chi connectivity index (χ3v) is 5.04. The Balaban J connectivity index is 1.36. The van der Waals surface area contributed by atoms with Crippen molar-refractivity contribution in [1.29, 1.82) is 0 Å². The van der Waals surface area contributed by atoms with E-state index in [0.29, 0.717) is 25.3 Å². The molecule has 9 nitrogen and oxygen atoms in total. The first kappa shape index (κ1) is 18.1. The second kappa shape index (κ2) is 8.20. The Bertz CT molecular complexity index is 828. The van der Waals surface area contributed by atoms with E-state index in [1.54, 1.807) is 24.8 Å². The van der Waals surface area contributed by atoms with Crippen LogP contribution in [0.25, 0.3) is 0 Å². The Hall–Kier alpha value is -3.23. The van der Waals surface area contributed by atoms with E-state index in [4.69, 9.17) is 0 Å². The average Bonchev–Trinajstić information content (AvgIpc) is 2.75. The highest BCUT2D eigenvalue weighted by Crippen LogP contribution is 2.22. The molecule has 0 saturated carbocycles. The number of aromatic nitrogens is 3. The van der Waals surface area contributed by atoms with Crippen molar-refractivity contribution in [2.24, 2.45) is 5.92 Å². The lowest BCUT2D eigenvalue weighted by Gasteiger charge is -2.32. The van der Waals surface area contributed by atoms with Crippen LogP contribution >= 0.6 is 0 Å². The maximum absolute atomic E-state index is 12.7. The van der Waals surface area contributed by atoms with Gasteiger partial charge in [-0.3, -0.25) is 14.6 Å². The SMILES string of the molecule is O=C1CN(c2ccc(NC(=O)[C@@H]3CCCN(c4cnccn4)C3)cn2)CCN1. The van der Waals surface area contributed by atoms with Gasteiger partial charge in [-0.25, -0.2) is 9.97 Å². The minimum absolute atomic E-state index is 0.00427. The highest BCUT2D eigenvalue weighted by Gasteiger charge is 2.27. The summed E-state index contributed by atoms with van der Waals surface area (Å²) in [6.07, 6.45) is 8.45. The van der Waals surface area contributed by atoms with E-state index in [2.05, 4.69) is 30.5 Å². The fraction of sp³-hybridized carbons (Fsp3) is 0.421. The molecule has 0 spiro atoms. The van der Waals surface area contributed by atoms with Crippen LogP contribution in [-0.2, 0) is 9.59 Å². The first-order valence-corrected chi connectivity index (χ1v) is 9.48. The number of piperazine rings is 1. The lowest BCUT2D eigenvalue weighted by Crippen LogP contribution is -2.48. The number of amides is 2. The summed E-state index contributed by atoms with van der Waals surface area (Å²) in [5.41, 5.74) is 0.659. The molecule has 0 aliphatic carbocycles. The molecule has 4 heterocycles. The van der Waals surface area contributed by atoms with Crippen molar-refractivity contribution < 1.29 is 9.59 Å². The van der Waals surface area contributed by atoms with Crippen LogP contribution in [0.2, 0.25) is 0 Å². The number of hydrogen-bond acceptors (Lipinski definition) is 7. The van der Waals surface area contributed by atoms with E-state index in [-0.39, 0.29) is 17.7 Å². The molecule has 0 unspecified atom stereocenters. The van der Waals surface area contributed by atoms with E-state index >= 15 is 0 Å². The molecule has 146 valence electrons. The Morgan fingerprint density at radius 1 is 1.11 bits per heavy atom. The molecule has 4 rings (SSSR count). The van der Waals surface area contributed by atoms with E-state index in [0.717, 1.165) is 37.6 Å². The van der Waals surface area contributed by atoms with Gasteiger partial charge in [0, 0.05) is 38.6 Å². The normalized spacial score (nSPS) is 19.9. The topological polar surface area (TPSA) is 103 Å². The summed E-state index contributed by atoms with van der Waals surface area (Å²) in [4.78, 5) is 41.1. The molecule has 1 atom stereocenters. The largest absolute Gasteiger partial charge is 0.355 e. The van der Waals surface area contributed by atoms with Gasteiger partial charge in [0.25, 0.3) is 0 Å². The number of nitrogens with zero attached hydrogens (tertiary/aromatic N) is 5. The van der Waals surface area contributed by atoms with Gasteiger partial charge in [-0.05, 0) is 25.0 Å². The van der Waals surface area contributed by atoms with Crippen molar-refractivity contribution >= 4 is 29.1 Å². The minimum Gasteiger partial charge on any atom is -0.355 e. The summed E-state index contributed by atoms with van der Waals surface area (Å²) in [6, 6.07) is 3.66. The van der Waals surface area contributed by atoms with Crippen LogP contribution in [0.5, 0.6) is 0 Å². The van der Waals surface area contributed by atoms with E-state index in [1.807, 2.05) is 17.0 Å². The molecular formula is C19H23N7O2. The van der Waals surface area contributed by atoms with Gasteiger partial charge in [0.2, 0.25) is 11.8 Å². The molecule has 2 aliphatic heterocycles. The van der Waals surface area contributed by atoms with Crippen LogP contribution in [0.3, 0.4) is 0 Å². The number of pyridine rings is 1. The second-order valence-electron chi connectivity index (χ2n) is 7.01. The predicted molar refractivity (Wildman–Crippen MR) is 105 cm³/mol. The average molecular weight is 381 g/mol. The monoisotopic (exact) mass is 381 g/mol. The van der Waals surface area contributed by atoms with Gasteiger partial charge in [-0.15, -0.1) is 0 Å². The van der Waals surface area contributed by atoms with Gasteiger partial charge in [0.1, 0.15) is 11.6 Å². The van der Waals surface area contributed by atoms with Gasteiger partial charge >= 0.3 is 0 Å². The Morgan fingerprint density at radius 2 is 2.04 bits per heavy atom. The van der Waals surface area contributed by atoms with Crippen molar-refractivity contribution in [1.82, 2.24) is 20.3 Å². The summed E-state index contributed by atoms with van der Waals surface area (Å²) in [7, 11) is 0. The summed E-state index contributed by atoms with van der Waals surface area (Å²) in [5, 5.41) is 5.75. The molecule has 2 aromatic rings. The number of anilines is 3. The Labute approximate surface area is 163 Å². The highest BCUT2D eigenvalue weighted by atomic mass is 16.2. The van der Waals surface area contributed by atoms with Crippen molar-refractivity contribution in [3.63, 3.8) is 0 Å². The van der Waals surface area contributed by atoms with Gasteiger partial charge in [-0.2, -0.15) is 0 Å². The summed E-state index contributed by atoms with van der Waals surface area (Å²) < 4.78 is 0. The quantitative estimate of drug-likeness (QED) is 0.802. The number of carbonyl (C=O) groups is 2. The molecule has 2 N–H and O–H groups in total. The first-order valence-electron chi connectivity index (χ1n) is 9.48. The lowest BCUT2D eigenvalue weighted by molar-refractivity contribution is -0.121. The summed E-state index contributed by atoms with van der Waals surface area (Å²) >= 11 is 0. The molecule has 0 bridgehead atoms. The molecule has 2 aromatic heterocycles. The van der Waals surface area contributed by atoms with E-state index < -0.39 is 0 Å². The molecule has 0 radical (unpaired) electrons. The zero-order valence-electron chi connectivity index (χ0n) is 15.5. The first-order chi connectivity index (χ1) is 13.7. The maximum Gasteiger partial charge on any atom is 0.239 e. The van der Waals surface area contributed by atoms with E-state index in [9.17, 15) is 9.59 Å². The smallest absolute Gasteiger partial charge is 0.239 e. The van der Waals surface area contributed by atoms with Crippen molar-refractivity contribution in [2.75, 3.05) is 47.8 Å². The number of nitrogens with one attached hydrogen (secondary N) is 2. The van der Waals surface area contributed by atoms with Crippen LogP contribution in [0, 0.1) is 5.92 Å². The standard InChI is InChI=1S/C19H23N7O2/c27-18-13-26(9-7-22-18)16-4-3-15(10-23-16)24-19(28)14-2-1-8-25(12-14)17-11-20-5-6-21-17/h3-6,10-11,14H,1-2,7-9,12-13H2,(H,22,27)(H,24,28)/t14-/m1/s1. The zero-order chi connectivity index (χ0) is 19.3. The summed E-state index contributed by atoms with van der Waals surface area (Å²) in [5.74, 6) is 1.41. The van der Waals surface area contributed by atoms with Crippen LogP contribution in [0.4, 0.5) is 17.3 Å². The Morgan fingerprint density at radius 3 is 2.79 bits per heavy atom. The molecule has 28 heavy (non-hydrogen) atoms. The summed E-state index contributed by atoms with van der Waals surface area (Å²) in [6.45, 7) is 3.15. The van der Waals surface area contributed by atoms with Crippen molar-refractivity contribution in [3.05, 3.63) is 36.9 Å². The molecular weight excluding hydrogens is 358 g/mol. The molecule has 2 fully saturated rings. The van der Waals surface area contributed by atoms with Gasteiger partial charge < -0.3 is 20.4 Å². The van der Waals surface area contributed by atoms with Gasteiger partial charge in [-0.1, -0.05) is 0 Å². The number of carbonyl (C=O) groups excluding carboxylic acids is 2. The van der Waals surface area contributed by atoms with E-state index in [1.165, 1.54) is 0 Å². The second-order valence-corrected chi connectivity index (χ2v) is 7.01. The molecule has 2 saturated heterocycles. The third-order valence-electron chi connectivity index (χ3n) is 5.04. The predicted octanol–water partition coefficient (Wildman–Crippen LogP) is 0.663. The molecule has 0 aromatic carbocycles. The van der Waals surface area contributed by atoms with Gasteiger partial charge in [0.05, 0.1) is 30.5 Å². The van der Waals surface area contributed by atoms with Crippen LogP contribution < -0.4 is 20.4 Å². The van der Waals surface area contributed by atoms with Gasteiger partial charge in [0.15, 0.2) is 0 Å². The molecule has 2 aliphatic rings. The number of piperidine rings is 1. The third kappa shape index (κ3) is 4.19. The van der Waals surface area contributed by atoms with Crippen molar-refractivity contribution in [2.45, 2.75) is 12.8 Å².